The van der Waals surface area contributed by atoms with Gasteiger partial charge in [-0.05, 0) is 33.6 Å². The van der Waals surface area contributed by atoms with Gasteiger partial charge in [0.1, 0.15) is 5.82 Å². The number of amides is 1. The van der Waals surface area contributed by atoms with Crippen LogP contribution >= 0.6 is 0 Å². The lowest BCUT2D eigenvalue weighted by atomic mass is 9.97. The van der Waals surface area contributed by atoms with Crippen LogP contribution in [0, 0.1) is 6.92 Å². The van der Waals surface area contributed by atoms with Gasteiger partial charge in [-0.2, -0.15) is 0 Å². The summed E-state index contributed by atoms with van der Waals surface area (Å²) in [6.07, 6.45) is 7.41. The van der Waals surface area contributed by atoms with Gasteiger partial charge in [-0.3, -0.25) is 9.69 Å². The standard InChI is InChI=1S/C15H26N4O/c1-12-5-4-6-13(2)19(12)11-15(20)17-8-10-18-9-7-16-14(18)3/h7,9,12-13H,4-6,8,10-11H2,1-3H3,(H,17,20)/t12-,13+. The van der Waals surface area contributed by atoms with Gasteiger partial charge in [0.2, 0.25) is 5.91 Å². The highest BCUT2D eigenvalue weighted by molar-refractivity contribution is 5.78. The molecule has 1 saturated heterocycles. The molecule has 1 aliphatic rings. The molecular formula is C15H26N4O. The zero-order valence-corrected chi connectivity index (χ0v) is 12.8. The minimum Gasteiger partial charge on any atom is -0.353 e. The first-order chi connectivity index (χ1) is 9.58. The summed E-state index contributed by atoms with van der Waals surface area (Å²) in [5.41, 5.74) is 0. The molecule has 1 fully saturated rings. The highest BCUT2D eigenvalue weighted by Gasteiger charge is 2.26. The van der Waals surface area contributed by atoms with Crippen LogP contribution in [0.2, 0.25) is 0 Å². The van der Waals surface area contributed by atoms with Crippen molar-refractivity contribution in [3.05, 3.63) is 18.2 Å². The molecule has 2 heterocycles. The fourth-order valence-corrected chi connectivity index (χ4v) is 2.96. The first-order valence-corrected chi connectivity index (χ1v) is 7.58. The van der Waals surface area contributed by atoms with Gasteiger partial charge < -0.3 is 9.88 Å². The minimum atomic E-state index is 0.128. The van der Waals surface area contributed by atoms with E-state index >= 15 is 0 Å². The number of nitrogens with zero attached hydrogens (tertiary/aromatic N) is 3. The van der Waals surface area contributed by atoms with E-state index in [1.807, 2.05) is 17.7 Å². The maximum atomic E-state index is 12.0. The first kappa shape index (κ1) is 15.0. The molecule has 5 nitrogen and oxygen atoms in total. The third-order valence-electron chi connectivity index (χ3n) is 4.30. The number of carbonyl (C=O) groups is 1. The van der Waals surface area contributed by atoms with E-state index in [0.29, 0.717) is 25.2 Å². The fraction of sp³-hybridized carbons (Fsp3) is 0.733. The van der Waals surface area contributed by atoms with Gasteiger partial charge in [0.25, 0.3) is 0 Å². The molecule has 112 valence electrons. The second-order valence-corrected chi connectivity index (χ2v) is 5.82. The monoisotopic (exact) mass is 278 g/mol. The number of imidazole rings is 1. The van der Waals surface area contributed by atoms with Crippen LogP contribution in [0.1, 0.15) is 38.9 Å². The summed E-state index contributed by atoms with van der Waals surface area (Å²) >= 11 is 0. The predicted octanol–water partition coefficient (Wildman–Crippen LogP) is 1.57. The summed E-state index contributed by atoms with van der Waals surface area (Å²) in [5, 5.41) is 3.01. The van der Waals surface area contributed by atoms with Crippen molar-refractivity contribution in [2.75, 3.05) is 13.1 Å². The fourth-order valence-electron chi connectivity index (χ4n) is 2.96. The topological polar surface area (TPSA) is 50.2 Å². The van der Waals surface area contributed by atoms with Crippen LogP contribution in [0.4, 0.5) is 0 Å². The third kappa shape index (κ3) is 3.82. The Hall–Kier alpha value is -1.36. The van der Waals surface area contributed by atoms with Gasteiger partial charge in [-0.25, -0.2) is 4.98 Å². The Kier molecular flexibility index (Phi) is 5.17. The average molecular weight is 278 g/mol. The summed E-state index contributed by atoms with van der Waals surface area (Å²) in [7, 11) is 0. The maximum absolute atomic E-state index is 12.0. The van der Waals surface area contributed by atoms with E-state index in [-0.39, 0.29) is 5.91 Å². The highest BCUT2D eigenvalue weighted by atomic mass is 16.2. The number of rotatable bonds is 5. The molecular weight excluding hydrogens is 252 g/mol. The van der Waals surface area contributed by atoms with Crippen molar-refractivity contribution in [1.82, 2.24) is 19.8 Å². The summed E-state index contributed by atoms with van der Waals surface area (Å²) in [5.74, 6) is 1.11. The Morgan fingerprint density at radius 3 is 2.70 bits per heavy atom. The van der Waals surface area contributed by atoms with Crippen LogP contribution in [0.15, 0.2) is 12.4 Å². The van der Waals surface area contributed by atoms with Gasteiger partial charge in [-0.15, -0.1) is 0 Å². The van der Waals surface area contributed by atoms with Crippen molar-refractivity contribution < 1.29 is 4.79 Å². The maximum Gasteiger partial charge on any atom is 0.234 e. The molecule has 1 N–H and O–H groups in total. The predicted molar refractivity (Wildman–Crippen MR) is 79.5 cm³/mol. The molecule has 2 atom stereocenters. The number of likely N-dealkylation sites (tertiary alicyclic amines) is 1. The molecule has 0 unspecified atom stereocenters. The van der Waals surface area contributed by atoms with E-state index in [4.69, 9.17) is 0 Å². The van der Waals surface area contributed by atoms with Gasteiger partial charge >= 0.3 is 0 Å². The van der Waals surface area contributed by atoms with E-state index in [0.717, 1.165) is 12.4 Å². The normalized spacial score (nSPS) is 23.8. The molecule has 0 bridgehead atoms. The van der Waals surface area contributed by atoms with Crippen LogP contribution in [0.25, 0.3) is 0 Å². The van der Waals surface area contributed by atoms with Crippen LogP contribution in [-0.2, 0) is 11.3 Å². The number of aromatic nitrogens is 2. The van der Waals surface area contributed by atoms with E-state index in [1.54, 1.807) is 6.20 Å². The lowest BCUT2D eigenvalue weighted by Gasteiger charge is -2.38. The van der Waals surface area contributed by atoms with Crippen LogP contribution in [0.5, 0.6) is 0 Å². The SMILES string of the molecule is Cc1nccn1CCNC(=O)CN1[C@H](C)CCC[C@@H]1C. The molecule has 1 aliphatic heterocycles. The summed E-state index contributed by atoms with van der Waals surface area (Å²) in [4.78, 5) is 18.5. The lowest BCUT2D eigenvalue weighted by Crippen LogP contribution is -2.49. The second kappa shape index (κ2) is 6.88. The minimum absolute atomic E-state index is 0.128. The van der Waals surface area contributed by atoms with Crippen molar-refractivity contribution in [3.8, 4) is 0 Å². The molecule has 0 radical (unpaired) electrons. The summed E-state index contributed by atoms with van der Waals surface area (Å²) in [6.45, 7) is 8.37. The van der Waals surface area contributed by atoms with E-state index in [1.165, 1.54) is 19.3 Å². The Balaban J connectivity index is 1.73. The van der Waals surface area contributed by atoms with Crippen molar-refractivity contribution >= 4 is 5.91 Å². The van der Waals surface area contributed by atoms with Crippen molar-refractivity contribution in [3.63, 3.8) is 0 Å². The Bertz CT molecular complexity index is 433. The van der Waals surface area contributed by atoms with Crippen LogP contribution < -0.4 is 5.32 Å². The van der Waals surface area contributed by atoms with Gasteiger partial charge in [0.05, 0.1) is 6.54 Å². The van der Waals surface area contributed by atoms with Crippen molar-refractivity contribution in [1.29, 1.82) is 0 Å². The van der Waals surface area contributed by atoms with Gasteiger partial charge in [0.15, 0.2) is 0 Å². The highest BCUT2D eigenvalue weighted by Crippen LogP contribution is 2.21. The Morgan fingerprint density at radius 1 is 1.40 bits per heavy atom. The van der Waals surface area contributed by atoms with Crippen molar-refractivity contribution in [2.45, 2.75) is 58.7 Å². The second-order valence-electron chi connectivity index (χ2n) is 5.82. The number of hydrogen-bond donors (Lipinski definition) is 1. The average Bonchev–Trinajstić information content (AvgIpc) is 2.80. The Morgan fingerprint density at radius 2 is 2.10 bits per heavy atom. The number of carbonyl (C=O) groups excluding carboxylic acids is 1. The molecule has 1 amide bonds. The molecule has 2 rings (SSSR count). The number of piperidine rings is 1. The zero-order chi connectivity index (χ0) is 14.5. The molecule has 1 aromatic rings. The van der Waals surface area contributed by atoms with E-state index in [2.05, 4.69) is 29.0 Å². The lowest BCUT2D eigenvalue weighted by molar-refractivity contribution is -0.123. The van der Waals surface area contributed by atoms with Gasteiger partial charge in [-0.1, -0.05) is 6.42 Å². The van der Waals surface area contributed by atoms with Crippen molar-refractivity contribution in [2.24, 2.45) is 0 Å². The van der Waals surface area contributed by atoms with E-state index < -0.39 is 0 Å². The zero-order valence-electron chi connectivity index (χ0n) is 12.8. The summed E-state index contributed by atoms with van der Waals surface area (Å²) < 4.78 is 2.05. The van der Waals surface area contributed by atoms with Crippen LogP contribution in [-0.4, -0.2) is 45.5 Å². The number of nitrogens with one attached hydrogen (secondary N) is 1. The molecule has 0 aliphatic carbocycles. The summed E-state index contributed by atoms with van der Waals surface area (Å²) in [6, 6.07) is 1.03. The Labute approximate surface area is 121 Å². The smallest absolute Gasteiger partial charge is 0.234 e. The molecule has 20 heavy (non-hydrogen) atoms. The van der Waals surface area contributed by atoms with Crippen LogP contribution in [0.3, 0.4) is 0 Å². The molecule has 5 heteroatoms. The molecule has 0 spiro atoms. The third-order valence-corrected chi connectivity index (χ3v) is 4.30. The molecule has 1 aromatic heterocycles. The van der Waals surface area contributed by atoms with E-state index in [9.17, 15) is 4.79 Å². The van der Waals surface area contributed by atoms with Gasteiger partial charge in [0, 0.05) is 37.6 Å². The largest absolute Gasteiger partial charge is 0.353 e. The first-order valence-electron chi connectivity index (χ1n) is 7.58. The quantitative estimate of drug-likeness (QED) is 0.889. The number of aryl methyl sites for hydroxylation is 1. The number of hydrogen-bond acceptors (Lipinski definition) is 3. The molecule has 0 saturated carbocycles. The molecule has 0 aromatic carbocycles.